The summed E-state index contributed by atoms with van der Waals surface area (Å²) >= 11 is 0. The Morgan fingerprint density at radius 3 is 2.74 bits per heavy atom. The van der Waals surface area contributed by atoms with Crippen molar-refractivity contribution in [3.8, 4) is 0 Å². The van der Waals surface area contributed by atoms with Crippen molar-refractivity contribution in [1.29, 1.82) is 0 Å². The van der Waals surface area contributed by atoms with E-state index in [0.29, 0.717) is 12.0 Å². The number of ether oxygens (including phenoxy) is 4. The molecule has 0 bridgehead atoms. The SMILES string of the molecule is COC(=O)C1=COC(OC2OC(CO)C(O)C(O)C2O)C2C(C3NCCc4c3[nH]c3ccccc43)=CCC12. The van der Waals surface area contributed by atoms with Gasteiger partial charge in [-0.25, -0.2) is 4.79 Å². The summed E-state index contributed by atoms with van der Waals surface area (Å²) in [5.41, 5.74) is 4.67. The van der Waals surface area contributed by atoms with Crippen LogP contribution in [0, 0.1) is 11.8 Å². The number of benzene rings is 1. The van der Waals surface area contributed by atoms with Gasteiger partial charge in [-0.15, -0.1) is 0 Å². The summed E-state index contributed by atoms with van der Waals surface area (Å²) in [4.78, 5) is 16.2. The molecule has 204 valence electrons. The zero-order valence-electron chi connectivity index (χ0n) is 20.8. The van der Waals surface area contributed by atoms with Crippen LogP contribution in [0.5, 0.6) is 0 Å². The van der Waals surface area contributed by atoms with Gasteiger partial charge in [-0.05, 0) is 30.0 Å². The number of hydrogen-bond acceptors (Lipinski definition) is 10. The van der Waals surface area contributed by atoms with Crippen LogP contribution in [0.4, 0.5) is 0 Å². The van der Waals surface area contributed by atoms with Gasteiger partial charge in [-0.2, -0.15) is 0 Å². The highest BCUT2D eigenvalue weighted by Crippen LogP contribution is 2.49. The number of aliphatic hydroxyl groups excluding tert-OH is 4. The molecule has 9 atom stereocenters. The van der Waals surface area contributed by atoms with Crippen molar-refractivity contribution in [2.45, 2.75) is 55.9 Å². The fourth-order valence-corrected chi connectivity index (χ4v) is 6.28. The minimum Gasteiger partial charge on any atom is -0.471 e. The van der Waals surface area contributed by atoms with E-state index in [-0.39, 0.29) is 12.0 Å². The third kappa shape index (κ3) is 4.06. The Labute approximate surface area is 218 Å². The van der Waals surface area contributed by atoms with E-state index < -0.39 is 55.5 Å². The number of aromatic amines is 1. The maximum Gasteiger partial charge on any atom is 0.337 e. The molecule has 1 aliphatic carbocycles. The second-order valence-corrected chi connectivity index (χ2v) is 10.2. The van der Waals surface area contributed by atoms with Gasteiger partial charge in [-0.3, -0.25) is 0 Å². The van der Waals surface area contributed by atoms with Gasteiger partial charge in [0.1, 0.15) is 24.4 Å². The first-order chi connectivity index (χ1) is 18.4. The molecule has 38 heavy (non-hydrogen) atoms. The van der Waals surface area contributed by atoms with E-state index in [0.717, 1.165) is 29.7 Å². The van der Waals surface area contributed by atoms with Gasteiger partial charge in [0, 0.05) is 29.1 Å². The van der Waals surface area contributed by atoms with Gasteiger partial charge >= 0.3 is 5.97 Å². The molecular weight excluding hydrogens is 496 g/mol. The molecule has 1 fully saturated rings. The molecule has 4 heterocycles. The maximum absolute atomic E-state index is 12.6. The molecule has 1 saturated heterocycles. The molecular formula is C27H32N2O9. The normalized spacial score (nSPS) is 36.6. The predicted octanol–water partition coefficient (Wildman–Crippen LogP) is 0.147. The molecule has 4 aliphatic rings. The van der Waals surface area contributed by atoms with Crippen molar-refractivity contribution in [2.75, 3.05) is 20.3 Å². The summed E-state index contributed by atoms with van der Waals surface area (Å²) in [7, 11) is 1.32. The lowest BCUT2D eigenvalue weighted by atomic mass is 9.79. The number of esters is 1. The Kier molecular flexibility index (Phi) is 6.77. The standard InChI is InChI=1S/C27H32N2O9/c1-35-25(34)16-11-36-26(38-27-24(33)23(32)22(31)18(10-30)37-27)19-13(16)6-7-15(19)20-21-14(8-9-28-20)12-4-2-3-5-17(12)29-21/h2-5,7,11,13,18-20,22-24,26-33H,6,8-10H2,1H3. The predicted molar refractivity (Wildman–Crippen MR) is 132 cm³/mol. The van der Waals surface area contributed by atoms with Crippen LogP contribution < -0.4 is 5.32 Å². The minimum absolute atomic E-state index is 0.192. The number of carbonyl (C=O) groups is 1. The molecule has 2 aromatic rings. The number of fused-ring (bicyclic) bond motifs is 4. The summed E-state index contributed by atoms with van der Waals surface area (Å²) in [6, 6.07) is 7.97. The topological polar surface area (TPSA) is 163 Å². The number of aliphatic hydroxyl groups is 4. The van der Waals surface area contributed by atoms with Gasteiger partial charge in [-0.1, -0.05) is 24.3 Å². The fourth-order valence-electron chi connectivity index (χ4n) is 6.28. The van der Waals surface area contributed by atoms with Crippen LogP contribution in [0.15, 0.2) is 47.7 Å². The monoisotopic (exact) mass is 528 g/mol. The number of H-pyrrole nitrogens is 1. The van der Waals surface area contributed by atoms with E-state index in [9.17, 15) is 25.2 Å². The highest BCUT2D eigenvalue weighted by atomic mass is 16.8. The van der Waals surface area contributed by atoms with Crippen molar-refractivity contribution in [3.05, 3.63) is 59.0 Å². The van der Waals surface area contributed by atoms with Crippen LogP contribution in [0.1, 0.15) is 23.7 Å². The maximum atomic E-state index is 12.6. The zero-order valence-corrected chi connectivity index (χ0v) is 20.8. The number of para-hydroxylation sites is 1. The third-order valence-corrected chi connectivity index (χ3v) is 8.18. The Hall–Kier alpha value is -2.77. The second-order valence-electron chi connectivity index (χ2n) is 10.2. The van der Waals surface area contributed by atoms with Gasteiger partial charge < -0.3 is 49.7 Å². The number of hydrogen-bond donors (Lipinski definition) is 6. The van der Waals surface area contributed by atoms with Gasteiger partial charge in [0.05, 0.1) is 37.5 Å². The molecule has 11 heteroatoms. The summed E-state index contributed by atoms with van der Waals surface area (Å²) in [5.74, 6) is -1.25. The first-order valence-electron chi connectivity index (χ1n) is 12.9. The molecule has 0 saturated carbocycles. The Balaban J connectivity index is 1.34. The van der Waals surface area contributed by atoms with Gasteiger partial charge in [0.25, 0.3) is 0 Å². The minimum atomic E-state index is -1.58. The number of aromatic nitrogens is 1. The molecule has 6 rings (SSSR count). The first kappa shape index (κ1) is 25.5. The average molecular weight is 529 g/mol. The Bertz CT molecular complexity index is 1270. The van der Waals surface area contributed by atoms with Gasteiger partial charge in [0.2, 0.25) is 6.29 Å². The number of carbonyl (C=O) groups excluding carboxylic acids is 1. The molecule has 0 spiro atoms. The number of rotatable bonds is 5. The summed E-state index contributed by atoms with van der Waals surface area (Å²) in [6.45, 7) is 0.183. The highest BCUT2D eigenvalue weighted by molar-refractivity contribution is 5.89. The zero-order chi connectivity index (χ0) is 26.6. The van der Waals surface area contributed by atoms with Crippen molar-refractivity contribution in [2.24, 2.45) is 11.8 Å². The molecule has 0 radical (unpaired) electrons. The van der Waals surface area contributed by atoms with Crippen molar-refractivity contribution in [1.82, 2.24) is 10.3 Å². The number of methoxy groups -OCH3 is 1. The van der Waals surface area contributed by atoms with Crippen LogP contribution in [0.25, 0.3) is 10.9 Å². The van der Waals surface area contributed by atoms with E-state index in [1.807, 2.05) is 18.2 Å². The summed E-state index contributed by atoms with van der Waals surface area (Å²) in [5, 5.41) is 45.3. The lowest BCUT2D eigenvalue weighted by molar-refractivity contribution is -0.339. The lowest BCUT2D eigenvalue weighted by Gasteiger charge is -2.43. The van der Waals surface area contributed by atoms with Crippen LogP contribution in [0.2, 0.25) is 0 Å². The van der Waals surface area contributed by atoms with E-state index in [1.165, 1.54) is 24.3 Å². The first-order valence-corrected chi connectivity index (χ1v) is 12.9. The average Bonchev–Trinajstić information content (AvgIpc) is 3.55. The molecule has 1 aromatic carbocycles. The number of nitrogens with one attached hydrogen (secondary N) is 2. The molecule has 3 aliphatic heterocycles. The van der Waals surface area contributed by atoms with Crippen LogP contribution in [-0.4, -0.2) is 88.6 Å². The van der Waals surface area contributed by atoms with E-state index in [1.54, 1.807) is 0 Å². The summed E-state index contributed by atoms with van der Waals surface area (Å²) < 4.78 is 22.6. The van der Waals surface area contributed by atoms with Crippen molar-refractivity contribution >= 4 is 16.9 Å². The quantitative estimate of drug-likeness (QED) is 0.233. The lowest BCUT2D eigenvalue weighted by Crippen LogP contribution is -2.60. The molecule has 9 unspecified atom stereocenters. The number of allylic oxidation sites excluding steroid dienone is 1. The molecule has 1 aromatic heterocycles. The fraction of sp³-hybridized carbons (Fsp3) is 0.519. The molecule has 11 nitrogen and oxygen atoms in total. The molecule has 6 N–H and O–H groups in total. The smallest absolute Gasteiger partial charge is 0.337 e. The van der Waals surface area contributed by atoms with Crippen LogP contribution in [-0.2, 0) is 30.2 Å². The van der Waals surface area contributed by atoms with E-state index in [4.69, 9.17) is 18.9 Å². The third-order valence-electron chi connectivity index (χ3n) is 8.18. The highest BCUT2D eigenvalue weighted by Gasteiger charge is 2.51. The van der Waals surface area contributed by atoms with Crippen molar-refractivity contribution < 1.29 is 44.2 Å². The van der Waals surface area contributed by atoms with Gasteiger partial charge in [0.15, 0.2) is 6.29 Å². The Morgan fingerprint density at radius 1 is 1.13 bits per heavy atom. The van der Waals surface area contributed by atoms with Crippen LogP contribution in [0.3, 0.4) is 0 Å². The Morgan fingerprint density at radius 2 is 1.95 bits per heavy atom. The van der Waals surface area contributed by atoms with E-state index >= 15 is 0 Å². The molecule has 0 amide bonds. The van der Waals surface area contributed by atoms with Crippen molar-refractivity contribution in [3.63, 3.8) is 0 Å². The second kappa shape index (κ2) is 10.1. The van der Waals surface area contributed by atoms with Crippen LogP contribution >= 0.6 is 0 Å². The summed E-state index contributed by atoms with van der Waals surface area (Å²) in [6.07, 6.45) is -3.33. The largest absolute Gasteiger partial charge is 0.471 e. The van der Waals surface area contributed by atoms with E-state index in [2.05, 4.69) is 22.4 Å².